The molecule has 3 aromatic heterocycles. The first-order valence-electron chi connectivity index (χ1n) is 5.59. The monoisotopic (exact) mass is 258 g/mol. The lowest BCUT2D eigenvalue weighted by molar-refractivity contribution is 0.0943. The normalized spacial score (nSPS) is 10.8. The van der Waals surface area contributed by atoms with Gasteiger partial charge in [-0.15, -0.1) is 10.2 Å². The van der Waals surface area contributed by atoms with E-state index in [1.54, 1.807) is 36.1 Å². The van der Waals surface area contributed by atoms with Gasteiger partial charge >= 0.3 is 0 Å². The standard InChI is InChI=1S/C11H10N6O2/c1-7-15-16-8(19-7)6-14-11(18)9-10-13-3-5-17(10)4-2-12-9/h2-5H,6H2,1H3,(H,14,18). The molecule has 1 N–H and O–H groups in total. The summed E-state index contributed by atoms with van der Waals surface area (Å²) in [5.74, 6) is 0.464. The van der Waals surface area contributed by atoms with Gasteiger partial charge in [0.05, 0.1) is 6.54 Å². The van der Waals surface area contributed by atoms with E-state index in [2.05, 4.69) is 25.5 Å². The van der Waals surface area contributed by atoms with Gasteiger partial charge in [-0.25, -0.2) is 9.97 Å². The molecule has 3 aromatic rings. The highest BCUT2D eigenvalue weighted by molar-refractivity contribution is 5.97. The molecule has 96 valence electrons. The van der Waals surface area contributed by atoms with Crippen molar-refractivity contribution in [1.82, 2.24) is 29.9 Å². The van der Waals surface area contributed by atoms with Gasteiger partial charge in [0.2, 0.25) is 11.8 Å². The number of hydrogen-bond donors (Lipinski definition) is 1. The van der Waals surface area contributed by atoms with Crippen molar-refractivity contribution >= 4 is 11.6 Å². The number of carbonyl (C=O) groups is 1. The molecule has 3 rings (SSSR count). The van der Waals surface area contributed by atoms with Crippen molar-refractivity contribution in [2.45, 2.75) is 13.5 Å². The Morgan fingerprint density at radius 3 is 2.84 bits per heavy atom. The number of amides is 1. The third-order valence-electron chi connectivity index (χ3n) is 2.49. The van der Waals surface area contributed by atoms with Crippen LogP contribution >= 0.6 is 0 Å². The maximum Gasteiger partial charge on any atom is 0.274 e. The fourth-order valence-electron chi connectivity index (χ4n) is 1.66. The number of rotatable bonds is 3. The Bertz CT molecular complexity index is 731. The summed E-state index contributed by atoms with van der Waals surface area (Å²) in [7, 11) is 0. The molecular formula is C11H10N6O2. The first-order valence-corrected chi connectivity index (χ1v) is 5.59. The van der Waals surface area contributed by atoms with E-state index >= 15 is 0 Å². The first kappa shape index (κ1) is 11.3. The Balaban J connectivity index is 1.78. The molecule has 0 atom stereocenters. The smallest absolute Gasteiger partial charge is 0.274 e. The summed E-state index contributed by atoms with van der Waals surface area (Å²) >= 11 is 0. The average molecular weight is 258 g/mol. The Morgan fingerprint density at radius 2 is 2.11 bits per heavy atom. The lowest BCUT2D eigenvalue weighted by Crippen LogP contribution is -2.24. The summed E-state index contributed by atoms with van der Waals surface area (Å²) in [5.41, 5.74) is 0.755. The van der Waals surface area contributed by atoms with Crippen LogP contribution in [0, 0.1) is 6.92 Å². The second-order valence-electron chi connectivity index (χ2n) is 3.83. The summed E-state index contributed by atoms with van der Waals surface area (Å²) in [5, 5.41) is 10.1. The second kappa shape index (κ2) is 4.48. The van der Waals surface area contributed by atoms with Crippen molar-refractivity contribution in [3.8, 4) is 0 Å². The van der Waals surface area contributed by atoms with E-state index in [9.17, 15) is 4.79 Å². The van der Waals surface area contributed by atoms with Crippen molar-refractivity contribution in [2.75, 3.05) is 0 Å². The van der Waals surface area contributed by atoms with Crippen molar-refractivity contribution in [1.29, 1.82) is 0 Å². The maximum atomic E-state index is 12.0. The summed E-state index contributed by atoms with van der Waals surface area (Å²) in [6.07, 6.45) is 6.62. The number of hydrogen-bond acceptors (Lipinski definition) is 6. The van der Waals surface area contributed by atoms with Crippen LogP contribution < -0.4 is 5.32 Å². The summed E-state index contributed by atoms with van der Waals surface area (Å²) < 4.78 is 6.89. The van der Waals surface area contributed by atoms with E-state index in [0.29, 0.717) is 17.4 Å². The molecule has 0 bridgehead atoms. The van der Waals surface area contributed by atoms with Gasteiger partial charge < -0.3 is 14.1 Å². The van der Waals surface area contributed by atoms with Crippen LogP contribution in [0.3, 0.4) is 0 Å². The lowest BCUT2D eigenvalue weighted by Gasteiger charge is -2.02. The van der Waals surface area contributed by atoms with Gasteiger partial charge in [0.25, 0.3) is 5.91 Å². The van der Waals surface area contributed by atoms with Crippen LogP contribution in [0.4, 0.5) is 0 Å². The zero-order chi connectivity index (χ0) is 13.2. The molecule has 0 aliphatic heterocycles. The minimum absolute atomic E-state index is 0.156. The van der Waals surface area contributed by atoms with E-state index in [0.717, 1.165) is 0 Å². The van der Waals surface area contributed by atoms with Crippen molar-refractivity contribution < 1.29 is 9.21 Å². The number of carbonyl (C=O) groups excluding carboxylic acids is 1. The molecule has 0 aromatic carbocycles. The van der Waals surface area contributed by atoms with Crippen molar-refractivity contribution in [3.05, 3.63) is 42.3 Å². The summed E-state index contributed by atoms with van der Waals surface area (Å²) in [6.45, 7) is 1.84. The fourth-order valence-corrected chi connectivity index (χ4v) is 1.66. The number of nitrogens with one attached hydrogen (secondary N) is 1. The second-order valence-corrected chi connectivity index (χ2v) is 3.83. The Kier molecular flexibility index (Phi) is 2.67. The minimum atomic E-state index is -0.340. The molecule has 1 amide bonds. The van der Waals surface area contributed by atoms with E-state index < -0.39 is 0 Å². The number of fused-ring (bicyclic) bond motifs is 1. The molecule has 0 spiro atoms. The predicted molar refractivity (Wildman–Crippen MR) is 63.2 cm³/mol. The van der Waals surface area contributed by atoms with Gasteiger partial charge in [-0.05, 0) is 0 Å². The molecule has 0 aliphatic rings. The van der Waals surface area contributed by atoms with Gasteiger partial charge in [0.1, 0.15) is 0 Å². The van der Waals surface area contributed by atoms with Crippen LogP contribution in [0.5, 0.6) is 0 Å². The Hall–Kier alpha value is -2.77. The molecule has 19 heavy (non-hydrogen) atoms. The third kappa shape index (κ3) is 2.15. The highest BCUT2D eigenvalue weighted by atomic mass is 16.4. The van der Waals surface area contributed by atoms with Crippen molar-refractivity contribution in [3.63, 3.8) is 0 Å². The van der Waals surface area contributed by atoms with E-state index in [1.165, 1.54) is 0 Å². The molecule has 0 unspecified atom stereocenters. The fraction of sp³-hybridized carbons (Fsp3) is 0.182. The van der Waals surface area contributed by atoms with Crippen LogP contribution in [0.25, 0.3) is 5.65 Å². The lowest BCUT2D eigenvalue weighted by atomic mass is 10.4. The predicted octanol–water partition coefficient (Wildman–Crippen LogP) is 0.351. The highest BCUT2D eigenvalue weighted by Crippen LogP contribution is 2.05. The van der Waals surface area contributed by atoms with Gasteiger partial charge in [0.15, 0.2) is 11.3 Å². The molecule has 0 saturated carbocycles. The SMILES string of the molecule is Cc1nnc(CNC(=O)c2nccn3ccnc23)o1. The topological polar surface area (TPSA) is 98.2 Å². The Labute approximate surface area is 107 Å². The van der Waals surface area contributed by atoms with Crippen LogP contribution in [0.2, 0.25) is 0 Å². The molecule has 8 nitrogen and oxygen atoms in total. The number of nitrogens with zero attached hydrogens (tertiary/aromatic N) is 5. The average Bonchev–Trinajstić information content (AvgIpc) is 3.03. The van der Waals surface area contributed by atoms with Crippen LogP contribution in [0.15, 0.2) is 29.2 Å². The van der Waals surface area contributed by atoms with Gasteiger partial charge in [-0.1, -0.05) is 0 Å². The molecule has 8 heteroatoms. The van der Waals surface area contributed by atoms with Crippen LogP contribution in [-0.2, 0) is 6.54 Å². The first-order chi connectivity index (χ1) is 9.24. The third-order valence-corrected chi connectivity index (χ3v) is 2.49. The molecular weight excluding hydrogens is 248 g/mol. The van der Waals surface area contributed by atoms with Crippen molar-refractivity contribution in [2.24, 2.45) is 0 Å². The van der Waals surface area contributed by atoms with Gasteiger partial charge in [0, 0.05) is 31.7 Å². The molecule has 0 radical (unpaired) electrons. The maximum absolute atomic E-state index is 12.0. The van der Waals surface area contributed by atoms with Gasteiger partial charge in [-0.3, -0.25) is 4.79 Å². The quantitative estimate of drug-likeness (QED) is 0.727. The number of aromatic nitrogens is 5. The number of imidazole rings is 1. The molecule has 0 fully saturated rings. The summed E-state index contributed by atoms with van der Waals surface area (Å²) in [6, 6.07) is 0. The summed E-state index contributed by atoms with van der Waals surface area (Å²) in [4.78, 5) is 20.1. The zero-order valence-electron chi connectivity index (χ0n) is 10.1. The molecule has 0 saturated heterocycles. The van der Waals surface area contributed by atoms with Crippen LogP contribution in [-0.4, -0.2) is 30.5 Å². The molecule has 0 aliphatic carbocycles. The van der Waals surface area contributed by atoms with E-state index in [1.807, 2.05) is 0 Å². The number of aryl methyl sites for hydroxylation is 1. The zero-order valence-corrected chi connectivity index (χ0v) is 10.1. The largest absolute Gasteiger partial charge is 0.424 e. The van der Waals surface area contributed by atoms with Gasteiger partial charge in [-0.2, -0.15) is 0 Å². The van der Waals surface area contributed by atoms with E-state index in [-0.39, 0.29) is 18.1 Å². The Morgan fingerprint density at radius 1 is 1.32 bits per heavy atom. The molecule has 3 heterocycles. The highest BCUT2D eigenvalue weighted by Gasteiger charge is 2.14. The van der Waals surface area contributed by atoms with Crippen LogP contribution in [0.1, 0.15) is 22.3 Å². The van der Waals surface area contributed by atoms with E-state index in [4.69, 9.17) is 4.42 Å². The minimum Gasteiger partial charge on any atom is -0.424 e.